The summed E-state index contributed by atoms with van der Waals surface area (Å²) in [7, 11) is 0.449. The third-order valence-corrected chi connectivity index (χ3v) is 6.74. The Labute approximate surface area is 148 Å². The average Bonchev–Trinajstić information content (AvgIpc) is 3.08. The number of sulfonamides is 1. The first-order chi connectivity index (χ1) is 11.8. The van der Waals surface area contributed by atoms with Crippen molar-refractivity contribution in [2.24, 2.45) is 0 Å². The molecule has 0 aromatic heterocycles. The van der Waals surface area contributed by atoms with Gasteiger partial charge in [0, 0.05) is 19.1 Å². The Balaban J connectivity index is 1.86. The molecule has 0 spiro atoms. The Morgan fingerprint density at radius 1 is 1.12 bits per heavy atom. The monoisotopic (exact) mass is 362 g/mol. The van der Waals surface area contributed by atoms with Crippen molar-refractivity contribution in [3.8, 4) is 11.1 Å². The maximum absolute atomic E-state index is 13.5. The van der Waals surface area contributed by atoms with Crippen molar-refractivity contribution in [1.29, 1.82) is 0 Å². The van der Waals surface area contributed by atoms with E-state index in [-0.39, 0.29) is 16.8 Å². The van der Waals surface area contributed by atoms with Gasteiger partial charge in [-0.1, -0.05) is 18.2 Å². The largest absolute Gasteiger partial charge is 0.305 e. The summed E-state index contributed by atoms with van der Waals surface area (Å²) in [6.07, 6.45) is 0.840. The van der Waals surface area contributed by atoms with E-state index >= 15 is 0 Å². The van der Waals surface area contributed by atoms with Gasteiger partial charge in [-0.2, -0.15) is 4.31 Å². The second-order valence-electron chi connectivity index (χ2n) is 6.75. The predicted molar refractivity (Wildman–Crippen MR) is 97.4 cm³/mol. The van der Waals surface area contributed by atoms with Gasteiger partial charge in [0.25, 0.3) is 0 Å². The Hall–Kier alpha value is -1.76. The first kappa shape index (κ1) is 18.0. The maximum atomic E-state index is 13.5. The molecule has 3 rings (SSSR count). The fraction of sp³-hybridized carbons (Fsp3) is 0.368. The molecule has 2 aromatic rings. The Morgan fingerprint density at radius 3 is 2.40 bits per heavy atom. The first-order valence-electron chi connectivity index (χ1n) is 8.32. The average molecular weight is 362 g/mol. The zero-order chi connectivity index (χ0) is 18.2. The van der Waals surface area contributed by atoms with Crippen molar-refractivity contribution in [3.05, 3.63) is 53.8 Å². The van der Waals surface area contributed by atoms with Gasteiger partial charge in [-0.05, 0) is 68.4 Å². The van der Waals surface area contributed by atoms with E-state index in [1.54, 1.807) is 34.6 Å². The summed E-state index contributed by atoms with van der Waals surface area (Å²) in [5.41, 5.74) is 2.53. The van der Waals surface area contributed by atoms with Gasteiger partial charge in [0.15, 0.2) is 0 Å². The number of hydrogen-bond donors (Lipinski definition) is 0. The van der Waals surface area contributed by atoms with E-state index in [0.717, 1.165) is 23.1 Å². The van der Waals surface area contributed by atoms with Crippen LogP contribution in [0.15, 0.2) is 47.4 Å². The number of likely N-dealkylation sites (N-methyl/N-ethyl adjacent to an activating group) is 1. The van der Waals surface area contributed by atoms with Crippen molar-refractivity contribution < 1.29 is 12.8 Å². The molecule has 1 fully saturated rings. The quantitative estimate of drug-likeness (QED) is 0.839. The lowest BCUT2D eigenvalue weighted by Gasteiger charge is -2.20. The second-order valence-corrected chi connectivity index (χ2v) is 8.69. The van der Waals surface area contributed by atoms with E-state index in [2.05, 4.69) is 4.90 Å². The number of halogens is 1. The third kappa shape index (κ3) is 3.61. The minimum absolute atomic E-state index is 0.254. The minimum atomic E-state index is -3.49. The SMILES string of the molecule is Cc1ccc(F)cc1-c1ccc(S(=O)(=O)N2CC[C@@H](N(C)C)C2)cc1. The molecule has 0 unspecified atom stereocenters. The third-order valence-electron chi connectivity index (χ3n) is 4.86. The molecule has 2 aromatic carbocycles. The molecule has 0 radical (unpaired) electrons. The topological polar surface area (TPSA) is 40.6 Å². The van der Waals surface area contributed by atoms with Crippen LogP contribution < -0.4 is 0 Å². The zero-order valence-electron chi connectivity index (χ0n) is 14.7. The molecule has 1 saturated heterocycles. The Morgan fingerprint density at radius 2 is 1.80 bits per heavy atom. The Kier molecular flexibility index (Phi) is 4.95. The van der Waals surface area contributed by atoms with Gasteiger partial charge in [0.05, 0.1) is 4.90 Å². The summed E-state index contributed by atoms with van der Waals surface area (Å²) in [6.45, 7) is 2.96. The molecule has 0 bridgehead atoms. The van der Waals surface area contributed by atoms with Crippen LogP contribution in [0, 0.1) is 12.7 Å². The lowest BCUT2D eigenvalue weighted by atomic mass is 10.0. The smallest absolute Gasteiger partial charge is 0.243 e. The van der Waals surface area contributed by atoms with Crippen LogP contribution in [0.1, 0.15) is 12.0 Å². The van der Waals surface area contributed by atoms with Gasteiger partial charge in [0.2, 0.25) is 10.0 Å². The van der Waals surface area contributed by atoms with Gasteiger partial charge in [0.1, 0.15) is 5.82 Å². The molecule has 0 amide bonds. The van der Waals surface area contributed by atoms with Gasteiger partial charge in [-0.15, -0.1) is 0 Å². The highest BCUT2D eigenvalue weighted by molar-refractivity contribution is 7.89. The molecule has 134 valence electrons. The molecular formula is C19H23FN2O2S. The lowest BCUT2D eigenvalue weighted by molar-refractivity contribution is 0.302. The van der Waals surface area contributed by atoms with Crippen LogP contribution in [0.4, 0.5) is 4.39 Å². The number of hydrogen-bond acceptors (Lipinski definition) is 3. The van der Waals surface area contributed by atoms with Crippen molar-refractivity contribution in [1.82, 2.24) is 9.21 Å². The summed E-state index contributed by atoms with van der Waals surface area (Å²) in [6, 6.07) is 11.6. The second kappa shape index (κ2) is 6.86. The first-order valence-corrected chi connectivity index (χ1v) is 9.76. The molecule has 6 heteroatoms. The summed E-state index contributed by atoms with van der Waals surface area (Å²) in [5.74, 6) is -0.302. The highest BCUT2D eigenvalue weighted by Gasteiger charge is 2.33. The van der Waals surface area contributed by atoms with E-state index < -0.39 is 10.0 Å². The molecule has 25 heavy (non-hydrogen) atoms. The lowest BCUT2D eigenvalue weighted by Crippen LogP contribution is -2.34. The van der Waals surface area contributed by atoms with Gasteiger partial charge < -0.3 is 4.90 Å². The molecule has 1 aliphatic rings. The van der Waals surface area contributed by atoms with E-state index in [1.165, 1.54) is 12.1 Å². The molecule has 1 aliphatic heterocycles. The van der Waals surface area contributed by atoms with Crippen molar-refractivity contribution in [2.45, 2.75) is 24.3 Å². The fourth-order valence-corrected chi connectivity index (χ4v) is 4.70. The van der Waals surface area contributed by atoms with E-state index in [0.29, 0.717) is 13.1 Å². The van der Waals surface area contributed by atoms with Crippen LogP contribution in [-0.4, -0.2) is 50.8 Å². The van der Waals surface area contributed by atoms with E-state index in [9.17, 15) is 12.8 Å². The normalized spacial score (nSPS) is 18.8. The summed E-state index contributed by atoms with van der Waals surface area (Å²) in [4.78, 5) is 2.34. The van der Waals surface area contributed by atoms with Crippen LogP contribution in [0.2, 0.25) is 0 Å². The molecule has 0 saturated carbocycles. The molecule has 1 atom stereocenters. The highest BCUT2D eigenvalue weighted by atomic mass is 32.2. The van der Waals surface area contributed by atoms with Crippen molar-refractivity contribution in [2.75, 3.05) is 27.2 Å². The standard InChI is InChI=1S/C19H23FN2O2S/c1-14-4-7-16(20)12-19(14)15-5-8-18(9-6-15)25(23,24)22-11-10-17(13-22)21(2)3/h4-9,12,17H,10-11,13H2,1-3H3/t17-/m1/s1. The fourth-order valence-electron chi connectivity index (χ4n) is 3.21. The minimum Gasteiger partial charge on any atom is -0.305 e. The summed E-state index contributed by atoms with van der Waals surface area (Å²) < 4.78 is 40.7. The van der Waals surface area contributed by atoms with Gasteiger partial charge in [-0.3, -0.25) is 0 Å². The summed E-state index contributed by atoms with van der Waals surface area (Å²) in [5, 5.41) is 0. The van der Waals surface area contributed by atoms with Crippen LogP contribution in [0.3, 0.4) is 0 Å². The molecular weight excluding hydrogens is 339 g/mol. The number of benzene rings is 2. The Bertz CT molecular complexity index is 863. The summed E-state index contributed by atoms with van der Waals surface area (Å²) >= 11 is 0. The van der Waals surface area contributed by atoms with E-state index in [4.69, 9.17) is 0 Å². The van der Waals surface area contributed by atoms with E-state index in [1.807, 2.05) is 21.0 Å². The number of aryl methyl sites for hydroxylation is 1. The van der Waals surface area contributed by atoms with Crippen molar-refractivity contribution in [3.63, 3.8) is 0 Å². The molecule has 0 N–H and O–H groups in total. The molecule has 0 aliphatic carbocycles. The van der Waals surface area contributed by atoms with Gasteiger partial charge >= 0.3 is 0 Å². The number of nitrogens with zero attached hydrogens (tertiary/aromatic N) is 2. The highest BCUT2D eigenvalue weighted by Crippen LogP contribution is 2.28. The zero-order valence-corrected chi connectivity index (χ0v) is 15.6. The van der Waals surface area contributed by atoms with Crippen LogP contribution >= 0.6 is 0 Å². The molecule has 4 nitrogen and oxygen atoms in total. The number of rotatable bonds is 4. The van der Waals surface area contributed by atoms with Gasteiger partial charge in [-0.25, -0.2) is 12.8 Å². The molecule has 1 heterocycles. The maximum Gasteiger partial charge on any atom is 0.243 e. The van der Waals surface area contributed by atoms with Crippen molar-refractivity contribution >= 4 is 10.0 Å². The van der Waals surface area contributed by atoms with Crippen LogP contribution in [-0.2, 0) is 10.0 Å². The van der Waals surface area contributed by atoms with Crippen LogP contribution in [0.5, 0.6) is 0 Å². The predicted octanol–water partition coefficient (Wildman–Crippen LogP) is 3.13. The van der Waals surface area contributed by atoms with Crippen LogP contribution in [0.25, 0.3) is 11.1 Å².